The normalized spacial score (nSPS) is 15.3. The molecule has 0 aromatic heterocycles. The standard InChI is InChI=1S/C17H12N4O5/c1-11-15(17(22)19(18-11)13-5-3-2-4-6-13)9-12-7-8-14(20(23)24)10-16(12)21(25)26/h2-10H,1H3. The lowest BCUT2D eigenvalue weighted by atomic mass is 10.1. The van der Waals surface area contributed by atoms with Crippen LogP contribution in [0.2, 0.25) is 0 Å². The molecule has 2 aromatic carbocycles. The molecule has 1 aliphatic heterocycles. The number of hydrogen-bond acceptors (Lipinski definition) is 6. The molecule has 1 amide bonds. The quantitative estimate of drug-likeness (QED) is 0.475. The lowest BCUT2D eigenvalue weighted by Gasteiger charge is -2.11. The number of para-hydroxylation sites is 1. The summed E-state index contributed by atoms with van der Waals surface area (Å²) in [7, 11) is 0. The van der Waals surface area contributed by atoms with E-state index in [0.29, 0.717) is 11.4 Å². The lowest BCUT2D eigenvalue weighted by Crippen LogP contribution is -2.21. The second-order valence-corrected chi connectivity index (χ2v) is 5.45. The van der Waals surface area contributed by atoms with Gasteiger partial charge in [-0.3, -0.25) is 25.0 Å². The third kappa shape index (κ3) is 3.05. The Kier molecular flexibility index (Phi) is 4.27. The number of carbonyl (C=O) groups excluding carboxylic acids is 1. The first-order valence-electron chi connectivity index (χ1n) is 7.48. The van der Waals surface area contributed by atoms with Gasteiger partial charge in [0.15, 0.2) is 0 Å². The van der Waals surface area contributed by atoms with Gasteiger partial charge < -0.3 is 0 Å². The Balaban J connectivity index is 2.03. The number of anilines is 1. The summed E-state index contributed by atoms with van der Waals surface area (Å²) in [4.78, 5) is 33.3. The Hall–Kier alpha value is -3.88. The van der Waals surface area contributed by atoms with Crippen LogP contribution >= 0.6 is 0 Å². The van der Waals surface area contributed by atoms with Gasteiger partial charge in [-0.05, 0) is 31.2 Å². The highest BCUT2D eigenvalue weighted by Crippen LogP contribution is 2.29. The maximum Gasteiger partial charge on any atom is 0.283 e. The molecule has 9 heteroatoms. The second-order valence-electron chi connectivity index (χ2n) is 5.45. The second kappa shape index (κ2) is 6.55. The number of non-ortho nitro benzene ring substituents is 1. The predicted molar refractivity (Wildman–Crippen MR) is 94.8 cm³/mol. The first kappa shape index (κ1) is 17.0. The van der Waals surface area contributed by atoms with Crippen molar-refractivity contribution in [1.82, 2.24) is 0 Å². The lowest BCUT2D eigenvalue weighted by molar-refractivity contribution is -0.394. The van der Waals surface area contributed by atoms with Crippen molar-refractivity contribution in [1.29, 1.82) is 0 Å². The van der Waals surface area contributed by atoms with E-state index in [1.807, 2.05) is 0 Å². The molecule has 0 fully saturated rings. The predicted octanol–water partition coefficient (Wildman–Crippen LogP) is 3.31. The van der Waals surface area contributed by atoms with E-state index in [-0.39, 0.29) is 11.1 Å². The van der Waals surface area contributed by atoms with Crippen LogP contribution in [0.4, 0.5) is 17.1 Å². The SMILES string of the molecule is CC1=NN(c2ccccc2)C(=O)C1=Cc1ccc([N+](=O)[O-])cc1[N+](=O)[O-]. The molecule has 0 bridgehead atoms. The molecule has 26 heavy (non-hydrogen) atoms. The number of nitro benzene ring substituents is 2. The third-order valence-corrected chi connectivity index (χ3v) is 3.78. The van der Waals surface area contributed by atoms with Crippen molar-refractivity contribution in [3.63, 3.8) is 0 Å². The molecule has 130 valence electrons. The van der Waals surface area contributed by atoms with Gasteiger partial charge >= 0.3 is 0 Å². The van der Waals surface area contributed by atoms with Gasteiger partial charge in [0, 0.05) is 6.07 Å². The maximum absolute atomic E-state index is 12.6. The van der Waals surface area contributed by atoms with E-state index in [2.05, 4.69) is 5.10 Å². The van der Waals surface area contributed by atoms with Crippen LogP contribution in [0.5, 0.6) is 0 Å². The molecular formula is C17H12N4O5. The smallest absolute Gasteiger partial charge is 0.267 e. The first-order valence-corrected chi connectivity index (χ1v) is 7.48. The van der Waals surface area contributed by atoms with E-state index in [9.17, 15) is 25.0 Å². The van der Waals surface area contributed by atoms with Gasteiger partial charge in [0.25, 0.3) is 17.3 Å². The minimum atomic E-state index is -0.722. The van der Waals surface area contributed by atoms with Crippen molar-refractivity contribution in [2.45, 2.75) is 6.92 Å². The van der Waals surface area contributed by atoms with Crippen molar-refractivity contribution in [3.8, 4) is 0 Å². The molecule has 9 nitrogen and oxygen atoms in total. The summed E-state index contributed by atoms with van der Waals surface area (Å²) < 4.78 is 0. The number of rotatable bonds is 4. The van der Waals surface area contributed by atoms with Gasteiger partial charge in [-0.1, -0.05) is 18.2 Å². The van der Waals surface area contributed by atoms with Crippen LogP contribution in [0.15, 0.2) is 59.2 Å². The molecule has 0 saturated carbocycles. The average Bonchev–Trinajstić information content (AvgIpc) is 2.90. The highest BCUT2D eigenvalue weighted by molar-refractivity contribution is 6.32. The van der Waals surface area contributed by atoms with E-state index in [0.717, 1.165) is 12.1 Å². The van der Waals surface area contributed by atoms with Crippen molar-refractivity contribution in [2.24, 2.45) is 5.10 Å². The molecule has 0 unspecified atom stereocenters. The Morgan fingerprint density at radius 3 is 2.35 bits per heavy atom. The third-order valence-electron chi connectivity index (χ3n) is 3.78. The molecule has 3 rings (SSSR count). The summed E-state index contributed by atoms with van der Waals surface area (Å²) in [5.74, 6) is -0.429. The first-order chi connectivity index (χ1) is 12.4. The summed E-state index contributed by atoms with van der Waals surface area (Å²) in [6.07, 6.45) is 1.33. The summed E-state index contributed by atoms with van der Waals surface area (Å²) in [5, 5.41) is 27.5. The number of amides is 1. The number of benzene rings is 2. The number of nitrogens with zero attached hydrogens (tertiary/aromatic N) is 4. The summed E-state index contributed by atoms with van der Waals surface area (Å²) in [6, 6.07) is 12.0. The molecule has 0 N–H and O–H groups in total. The van der Waals surface area contributed by atoms with Crippen LogP contribution in [-0.4, -0.2) is 21.5 Å². The Morgan fingerprint density at radius 2 is 1.73 bits per heavy atom. The van der Waals surface area contributed by atoms with Crippen molar-refractivity contribution < 1.29 is 14.6 Å². The van der Waals surface area contributed by atoms with Gasteiger partial charge in [-0.2, -0.15) is 10.1 Å². The molecule has 0 atom stereocenters. The van der Waals surface area contributed by atoms with Crippen LogP contribution in [0.25, 0.3) is 6.08 Å². The Morgan fingerprint density at radius 1 is 1.04 bits per heavy atom. The molecule has 1 aliphatic rings. The van der Waals surface area contributed by atoms with Gasteiger partial charge in [-0.25, -0.2) is 0 Å². The van der Waals surface area contributed by atoms with Crippen molar-refractivity contribution in [2.75, 3.05) is 5.01 Å². The van der Waals surface area contributed by atoms with Crippen LogP contribution in [0.1, 0.15) is 12.5 Å². The molecule has 0 spiro atoms. The number of hydrazone groups is 1. The van der Waals surface area contributed by atoms with Crippen molar-refractivity contribution in [3.05, 3.63) is 79.9 Å². The number of carbonyl (C=O) groups is 1. The van der Waals surface area contributed by atoms with Crippen LogP contribution < -0.4 is 5.01 Å². The molecular weight excluding hydrogens is 340 g/mol. The largest absolute Gasteiger partial charge is 0.283 e. The molecule has 2 aromatic rings. The van der Waals surface area contributed by atoms with Crippen LogP contribution in [0, 0.1) is 20.2 Å². The van der Waals surface area contributed by atoms with E-state index in [1.54, 1.807) is 37.3 Å². The van der Waals surface area contributed by atoms with Gasteiger partial charge in [0.2, 0.25) is 0 Å². The minimum Gasteiger partial charge on any atom is -0.267 e. The van der Waals surface area contributed by atoms with Gasteiger partial charge in [-0.15, -0.1) is 0 Å². The number of nitro groups is 2. The fourth-order valence-electron chi connectivity index (χ4n) is 2.51. The average molecular weight is 352 g/mol. The monoisotopic (exact) mass is 352 g/mol. The molecule has 0 aliphatic carbocycles. The fourth-order valence-corrected chi connectivity index (χ4v) is 2.51. The van der Waals surface area contributed by atoms with E-state index in [1.165, 1.54) is 17.2 Å². The van der Waals surface area contributed by atoms with E-state index >= 15 is 0 Å². The van der Waals surface area contributed by atoms with Gasteiger partial charge in [0.05, 0.1) is 38.4 Å². The topological polar surface area (TPSA) is 119 Å². The van der Waals surface area contributed by atoms with Crippen LogP contribution in [-0.2, 0) is 4.79 Å². The van der Waals surface area contributed by atoms with Gasteiger partial charge in [0.1, 0.15) is 0 Å². The molecule has 1 heterocycles. The van der Waals surface area contributed by atoms with E-state index < -0.39 is 27.1 Å². The zero-order valence-electron chi connectivity index (χ0n) is 13.5. The highest BCUT2D eigenvalue weighted by Gasteiger charge is 2.29. The van der Waals surface area contributed by atoms with Crippen molar-refractivity contribution >= 4 is 34.8 Å². The minimum absolute atomic E-state index is 0.0911. The summed E-state index contributed by atoms with van der Waals surface area (Å²) in [5.41, 5.74) is 0.391. The fraction of sp³-hybridized carbons (Fsp3) is 0.0588. The zero-order valence-corrected chi connectivity index (χ0v) is 13.5. The molecule has 0 radical (unpaired) electrons. The highest BCUT2D eigenvalue weighted by atomic mass is 16.6. The number of hydrogen-bond donors (Lipinski definition) is 0. The van der Waals surface area contributed by atoms with Crippen LogP contribution in [0.3, 0.4) is 0 Å². The maximum atomic E-state index is 12.6. The Labute approximate surface area is 147 Å². The summed E-state index contributed by atoms with van der Waals surface area (Å²) >= 11 is 0. The Bertz CT molecular complexity index is 982. The zero-order chi connectivity index (χ0) is 18.8. The molecule has 0 saturated heterocycles. The van der Waals surface area contributed by atoms with E-state index in [4.69, 9.17) is 0 Å². The summed E-state index contributed by atoms with van der Waals surface area (Å²) in [6.45, 7) is 1.61.